The number of amidine groups is 1. The van der Waals surface area contributed by atoms with Gasteiger partial charge in [0.25, 0.3) is 5.91 Å². The molecule has 2 amide bonds. The molecule has 0 bridgehead atoms. The van der Waals surface area contributed by atoms with Gasteiger partial charge in [-0.1, -0.05) is 6.92 Å². The van der Waals surface area contributed by atoms with Crippen LogP contribution in [-0.4, -0.2) is 97.1 Å². The lowest BCUT2D eigenvalue weighted by molar-refractivity contribution is -0.123. The summed E-state index contributed by atoms with van der Waals surface area (Å²) in [6, 6.07) is 6.21. The number of aromatic nitrogens is 1. The largest absolute Gasteiger partial charge is 0.444 e. The average Bonchev–Trinajstić information content (AvgIpc) is 3.80. The summed E-state index contributed by atoms with van der Waals surface area (Å²) in [7, 11) is 0. The second-order valence-electron chi connectivity index (χ2n) is 15.0. The number of hydrogen-bond acceptors (Lipinski definition) is 10. The van der Waals surface area contributed by atoms with E-state index in [-0.39, 0.29) is 17.8 Å². The molecule has 12 nitrogen and oxygen atoms in total. The van der Waals surface area contributed by atoms with Crippen LogP contribution < -0.4 is 21.3 Å². The molecule has 2 aliphatic carbocycles. The van der Waals surface area contributed by atoms with Crippen molar-refractivity contribution >= 4 is 45.7 Å². The first-order valence-corrected chi connectivity index (χ1v) is 18.0. The van der Waals surface area contributed by atoms with Crippen LogP contribution in [0, 0.1) is 17.2 Å². The minimum atomic E-state index is -1.01. The number of nitriles is 1. The molecular weight excluding hydrogens is 627 g/mol. The number of hydrogen-bond donors (Lipinski definition) is 2. The molecule has 2 aromatic heterocycles. The summed E-state index contributed by atoms with van der Waals surface area (Å²) in [5.74, 6) is 1.50. The fourth-order valence-corrected chi connectivity index (χ4v) is 8.25. The van der Waals surface area contributed by atoms with Crippen molar-refractivity contribution in [2.75, 3.05) is 74.4 Å². The Morgan fingerprint density at radius 3 is 2.38 bits per heavy atom. The predicted octanol–water partition coefficient (Wildman–Crippen LogP) is 4.27. The second kappa shape index (κ2) is 13.2. The number of carbonyl (C=O) groups is 2. The number of amides is 2. The molecule has 4 aliphatic rings. The summed E-state index contributed by atoms with van der Waals surface area (Å²) >= 11 is 1.40. The molecule has 4 N–H and O–H groups in total. The van der Waals surface area contributed by atoms with Crippen LogP contribution in [0.5, 0.6) is 0 Å². The molecule has 0 aromatic carbocycles. The van der Waals surface area contributed by atoms with Crippen molar-refractivity contribution in [3.8, 4) is 6.07 Å². The van der Waals surface area contributed by atoms with Crippen molar-refractivity contribution in [3.63, 3.8) is 0 Å². The minimum Gasteiger partial charge on any atom is -0.444 e. The van der Waals surface area contributed by atoms with Gasteiger partial charge < -0.3 is 30.9 Å². The number of ether oxygens (including phenoxy) is 1. The number of rotatable bonds is 6. The van der Waals surface area contributed by atoms with E-state index in [1.165, 1.54) is 30.7 Å². The van der Waals surface area contributed by atoms with Gasteiger partial charge in [0.2, 0.25) is 0 Å². The van der Waals surface area contributed by atoms with Gasteiger partial charge >= 0.3 is 6.09 Å². The van der Waals surface area contributed by atoms with Crippen LogP contribution >= 0.6 is 11.3 Å². The normalized spacial score (nSPS) is 23.9. The summed E-state index contributed by atoms with van der Waals surface area (Å²) in [6.07, 6.45) is 3.70. The molecule has 1 saturated carbocycles. The van der Waals surface area contributed by atoms with Crippen molar-refractivity contribution in [2.24, 2.45) is 16.6 Å². The van der Waals surface area contributed by atoms with Crippen LogP contribution in [0.2, 0.25) is 0 Å². The molecule has 6 rings (SSSR count). The summed E-state index contributed by atoms with van der Waals surface area (Å²) in [5, 5.41) is 10.4. The smallest absolute Gasteiger partial charge is 0.410 e. The molecule has 2 atom stereocenters. The minimum absolute atomic E-state index is 0.0472. The number of nitrogen functional groups attached to an aromatic ring is 1. The van der Waals surface area contributed by atoms with Gasteiger partial charge in [0.15, 0.2) is 5.84 Å². The highest BCUT2D eigenvalue weighted by molar-refractivity contribution is 7.16. The molecule has 3 fully saturated rings. The third-order valence-corrected chi connectivity index (χ3v) is 11.4. The van der Waals surface area contributed by atoms with Crippen molar-refractivity contribution in [1.29, 1.82) is 5.26 Å². The topological polar surface area (TPSA) is 157 Å². The number of piperazine rings is 2. The molecule has 4 heterocycles. The fourth-order valence-electron chi connectivity index (χ4n) is 7.01. The van der Waals surface area contributed by atoms with E-state index in [0.29, 0.717) is 54.4 Å². The van der Waals surface area contributed by atoms with E-state index in [1.54, 1.807) is 4.90 Å². The number of aliphatic imine (C=N–C) groups is 1. The molecule has 2 aliphatic heterocycles. The zero-order valence-corrected chi connectivity index (χ0v) is 29.7. The van der Waals surface area contributed by atoms with E-state index in [2.05, 4.69) is 38.8 Å². The van der Waals surface area contributed by atoms with Gasteiger partial charge in [-0.25, -0.2) is 9.78 Å². The van der Waals surface area contributed by atoms with Crippen molar-refractivity contribution in [2.45, 2.75) is 77.2 Å². The number of anilines is 3. The van der Waals surface area contributed by atoms with Gasteiger partial charge in [-0.3, -0.25) is 9.69 Å². The SMILES string of the molecule is CC1CCC(C)(C(=O)N=C(N)c2cc(N3CCN(C(=O)OC(C)(C)C)CC3)cc(N3CCN(CC4CC4)CC3)n2)c2c1sc(N)c2C#N. The van der Waals surface area contributed by atoms with E-state index < -0.39 is 16.9 Å². The van der Waals surface area contributed by atoms with Gasteiger partial charge in [-0.2, -0.15) is 10.3 Å². The molecule has 48 heavy (non-hydrogen) atoms. The van der Waals surface area contributed by atoms with Gasteiger partial charge in [0, 0.05) is 81.1 Å². The maximum atomic E-state index is 14.0. The summed E-state index contributed by atoms with van der Waals surface area (Å²) < 4.78 is 5.60. The molecule has 2 aromatic rings. The summed E-state index contributed by atoms with van der Waals surface area (Å²) in [6.45, 7) is 16.6. The molecule has 2 unspecified atom stereocenters. The van der Waals surface area contributed by atoms with Crippen molar-refractivity contribution in [1.82, 2.24) is 14.8 Å². The predicted molar refractivity (Wildman–Crippen MR) is 190 cm³/mol. The molecular formula is C35H49N9O3S. The highest BCUT2D eigenvalue weighted by atomic mass is 32.1. The summed E-state index contributed by atoms with van der Waals surface area (Å²) in [4.78, 5) is 46.0. The lowest BCUT2D eigenvalue weighted by atomic mass is 9.69. The zero-order valence-electron chi connectivity index (χ0n) is 28.9. The number of nitrogens with two attached hydrogens (primary N) is 2. The second-order valence-corrected chi connectivity index (χ2v) is 16.1. The van der Waals surface area contributed by atoms with Gasteiger partial charge in [-0.05, 0) is 71.3 Å². The molecule has 258 valence electrons. The lowest BCUT2D eigenvalue weighted by Gasteiger charge is -2.38. The standard InChI is InChI=1S/C35H49N9O3S/c1-22-8-9-35(5,28-25(20-36)31(38)48-29(22)28)32(45)40-30(37)26-18-24(42-14-16-44(17-15-42)33(46)47-34(2,3)4)19-27(39-26)43-12-10-41(11-13-43)21-23-6-7-23/h18-19,22-23H,6-17,21,38H2,1-5H3,(H2,37,40,45). The highest BCUT2D eigenvalue weighted by Gasteiger charge is 2.45. The maximum Gasteiger partial charge on any atom is 0.410 e. The van der Waals surface area contributed by atoms with Crippen LogP contribution in [0.3, 0.4) is 0 Å². The Morgan fingerprint density at radius 1 is 1.08 bits per heavy atom. The Bertz CT molecular complexity index is 1620. The number of thiophene rings is 1. The third kappa shape index (κ3) is 7.10. The van der Waals surface area contributed by atoms with Crippen LogP contribution in [0.4, 0.5) is 21.3 Å². The number of nitrogens with zero attached hydrogens (tertiary/aromatic N) is 7. The van der Waals surface area contributed by atoms with E-state index in [1.807, 2.05) is 33.8 Å². The van der Waals surface area contributed by atoms with Crippen LogP contribution in [-0.2, 0) is 14.9 Å². The zero-order chi connectivity index (χ0) is 34.4. The Hall–Kier alpha value is -3.89. The first-order chi connectivity index (χ1) is 22.8. The van der Waals surface area contributed by atoms with E-state index >= 15 is 0 Å². The van der Waals surface area contributed by atoms with Crippen LogP contribution in [0.15, 0.2) is 17.1 Å². The summed E-state index contributed by atoms with van der Waals surface area (Å²) in [5.41, 5.74) is 13.8. The fraction of sp³-hybridized carbons (Fsp3) is 0.629. The first-order valence-electron chi connectivity index (χ1n) is 17.2. The maximum absolute atomic E-state index is 14.0. The molecule has 0 radical (unpaired) electrons. The Morgan fingerprint density at radius 2 is 1.75 bits per heavy atom. The van der Waals surface area contributed by atoms with E-state index in [4.69, 9.17) is 21.2 Å². The Labute approximate surface area is 287 Å². The Kier molecular flexibility index (Phi) is 9.34. The third-order valence-electron chi connectivity index (χ3n) is 10.1. The number of pyridine rings is 1. The van der Waals surface area contributed by atoms with Crippen molar-refractivity contribution < 1.29 is 14.3 Å². The van der Waals surface area contributed by atoms with Crippen LogP contribution in [0.1, 0.15) is 87.9 Å². The van der Waals surface area contributed by atoms with E-state index in [9.17, 15) is 14.9 Å². The number of carbonyl (C=O) groups excluding carboxylic acids is 2. The quantitative estimate of drug-likeness (QED) is 0.335. The van der Waals surface area contributed by atoms with E-state index in [0.717, 1.165) is 54.9 Å². The monoisotopic (exact) mass is 675 g/mol. The van der Waals surface area contributed by atoms with Gasteiger partial charge in [-0.15, -0.1) is 11.3 Å². The van der Waals surface area contributed by atoms with Gasteiger partial charge in [0.05, 0.1) is 11.0 Å². The van der Waals surface area contributed by atoms with Crippen molar-refractivity contribution in [3.05, 3.63) is 33.8 Å². The average molecular weight is 676 g/mol. The molecule has 2 saturated heterocycles. The molecule has 0 spiro atoms. The molecule has 13 heteroatoms. The first kappa shape index (κ1) is 34.0. The lowest BCUT2D eigenvalue weighted by Crippen LogP contribution is -2.50. The Balaban J connectivity index is 1.27. The van der Waals surface area contributed by atoms with Crippen LogP contribution in [0.25, 0.3) is 0 Å². The van der Waals surface area contributed by atoms with Gasteiger partial charge in [0.1, 0.15) is 28.2 Å². The highest BCUT2D eigenvalue weighted by Crippen LogP contribution is 2.50. The number of fused-ring (bicyclic) bond motifs is 1.